The lowest BCUT2D eigenvalue weighted by molar-refractivity contribution is -0.119. The molecule has 0 aromatic heterocycles. The van der Waals surface area contributed by atoms with Crippen molar-refractivity contribution in [2.45, 2.75) is 46.4 Å². The zero-order valence-electron chi connectivity index (χ0n) is 17.5. The van der Waals surface area contributed by atoms with Crippen LogP contribution in [0.5, 0.6) is 0 Å². The number of nitrogens with zero attached hydrogens (tertiary/aromatic N) is 2. The molecule has 1 heterocycles. The SMILES string of the molecule is CC(=O)NCc1ccc(CN(NC(=O)OC(C)(C)C)C(=O)N2CCOCC2)cc1. The Labute approximate surface area is 171 Å². The van der Waals surface area contributed by atoms with Gasteiger partial charge in [0.15, 0.2) is 0 Å². The first kappa shape index (κ1) is 22.5. The lowest BCUT2D eigenvalue weighted by Crippen LogP contribution is -2.54. The first-order chi connectivity index (χ1) is 13.6. The Morgan fingerprint density at radius 2 is 1.69 bits per heavy atom. The lowest BCUT2D eigenvalue weighted by Gasteiger charge is -2.33. The number of hydrazine groups is 1. The van der Waals surface area contributed by atoms with E-state index < -0.39 is 11.7 Å². The molecular formula is C20H30N4O5. The molecule has 1 aliphatic rings. The molecule has 4 amide bonds. The topological polar surface area (TPSA) is 100 Å². The van der Waals surface area contributed by atoms with Crippen molar-refractivity contribution in [3.05, 3.63) is 35.4 Å². The number of nitrogens with one attached hydrogen (secondary N) is 2. The Bertz CT molecular complexity index is 709. The van der Waals surface area contributed by atoms with E-state index in [-0.39, 0.29) is 18.5 Å². The van der Waals surface area contributed by atoms with Crippen LogP contribution in [0.25, 0.3) is 0 Å². The van der Waals surface area contributed by atoms with Crippen LogP contribution >= 0.6 is 0 Å². The first-order valence-corrected chi connectivity index (χ1v) is 9.60. The number of ether oxygens (including phenoxy) is 2. The van der Waals surface area contributed by atoms with Gasteiger partial charge in [0.1, 0.15) is 5.60 Å². The lowest BCUT2D eigenvalue weighted by atomic mass is 10.1. The maximum absolute atomic E-state index is 12.9. The second kappa shape index (κ2) is 10.1. The van der Waals surface area contributed by atoms with Crippen LogP contribution in [0.4, 0.5) is 9.59 Å². The molecule has 2 N–H and O–H groups in total. The van der Waals surface area contributed by atoms with Crippen molar-refractivity contribution in [2.24, 2.45) is 0 Å². The van der Waals surface area contributed by atoms with Gasteiger partial charge in [-0.3, -0.25) is 4.79 Å². The molecule has 0 atom stereocenters. The van der Waals surface area contributed by atoms with Crippen molar-refractivity contribution in [2.75, 3.05) is 26.3 Å². The Balaban J connectivity index is 2.08. The summed E-state index contributed by atoms with van der Waals surface area (Å²) < 4.78 is 10.6. The predicted molar refractivity (Wildman–Crippen MR) is 107 cm³/mol. The fraction of sp³-hybridized carbons (Fsp3) is 0.550. The first-order valence-electron chi connectivity index (χ1n) is 9.60. The van der Waals surface area contributed by atoms with E-state index in [0.717, 1.165) is 11.1 Å². The van der Waals surface area contributed by atoms with Gasteiger partial charge >= 0.3 is 12.1 Å². The van der Waals surface area contributed by atoms with Gasteiger partial charge in [0, 0.05) is 26.6 Å². The second-order valence-corrected chi connectivity index (χ2v) is 7.81. The summed E-state index contributed by atoms with van der Waals surface area (Å²) in [6.07, 6.45) is -0.693. The summed E-state index contributed by atoms with van der Waals surface area (Å²) in [5.74, 6) is -0.0991. The van der Waals surface area contributed by atoms with Crippen LogP contribution in [-0.2, 0) is 27.4 Å². The molecular weight excluding hydrogens is 376 g/mol. The molecule has 1 fully saturated rings. The zero-order valence-corrected chi connectivity index (χ0v) is 17.5. The van der Waals surface area contributed by atoms with Crippen molar-refractivity contribution in [1.82, 2.24) is 20.7 Å². The van der Waals surface area contributed by atoms with Crippen molar-refractivity contribution < 1.29 is 23.9 Å². The highest BCUT2D eigenvalue weighted by atomic mass is 16.6. The van der Waals surface area contributed by atoms with E-state index in [4.69, 9.17) is 9.47 Å². The number of amides is 4. The Hall–Kier alpha value is -2.81. The molecule has 0 aliphatic carbocycles. The van der Waals surface area contributed by atoms with Gasteiger partial charge in [0.2, 0.25) is 5.91 Å². The van der Waals surface area contributed by atoms with Gasteiger partial charge in [-0.2, -0.15) is 0 Å². The van der Waals surface area contributed by atoms with Crippen molar-refractivity contribution in [3.8, 4) is 0 Å². The standard InChI is InChI=1S/C20H30N4O5/c1-15(25)21-13-16-5-7-17(8-6-16)14-24(22-18(26)29-20(2,3)4)19(27)23-9-11-28-12-10-23/h5-8H,9-14H2,1-4H3,(H,21,25)(H,22,26). The summed E-state index contributed by atoms with van der Waals surface area (Å²) in [5, 5.41) is 3.99. The maximum Gasteiger partial charge on any atom is 0.426 e. The number of hydrogen-bond donors (Lipinski definition) is 2. The molecule has 29 heavy (non-hydrogen) atoms. The monoisotopic (exact) mass is 406 g/mol. The fourth-order valence-corrected chi connectivity index (χ4v) is 2.66. The van der Waals surface area contributed by atoms with Crippen molar-refractivity contribution in [1.29, 1.82) is 0 Å². The summed E-state index contributed by atoms with van der Waals surface area (Å²) >= 11 is 0. The summed E-state index contributed by atoms with van der Waals surface area (Å²) in [5.41, 5.74) is 3.65. The molecule has 9 nitrogen and oxygen atoms in total. The van der Waals surface area contributed by atoms with Crippen LogP contribution in [-0.4, -0.2) is 59.8 Å². The molecule has 0 spiro atoms. The number of hydrogen-bond acceptors (Lipinski definition) is 5. The van der Waals surface area contributed by atoms with E-state index in [1.807, 2.05) is 24.3 Å². The van der Waals surface area contributed by atoms with E-state index in [1.54, 1.807) is 25.7 Å². The number of urea groups is 1. The van der Waals surface area contributed by atoms with Gasteiger partial charge < -0.3 is 19.7 Å². The van der Waals surface area contributed by atoms with E-state index in [1.165, 1.54) is 11.9 Å². The van der Waals surface area contributed by atoms with Gasteiger partial charge in [0.25, 0.3) is 0 Å². The Morgan fingerprint density at radius 3 is 2.24 bits per heavy atom. The van der Waals surface area contributed by atoms with Crippen LogP contribution in [0.15, 0.2) is 24.3 Å². The highest BCUT2D eigenvalue weighted by Gasteiger charge is 2.26. The van der Waals surface area contributed by atoms with Crippen LogP contribution in [0, 0.1) is 0 Å². The highest BCUT2D eigenvalue weighted by Crippen LogP contribution is 2.12. The average molecular weight is 406 g/mol. The predicted octanol–water partition coefficient (Wildman–Crippen LogP) is 2.02. The number of carbonyl (C=O) groups is 3. The number of morpholine rings is 1. The quantitative estimate of drug-likeness (QED) is 0.745. The highest BCUT2D eigenvalue weighted by molar-refractivity contribution is 5.78. The van der Waals surface area contributed by atoms with Crippen LogP contribution < -0.4 is 10.7 Å². The Kier molecular flexibility index (Phi) is 7.83. The maximum atomic E-state index is 12.9. The summed E-state index contributed by atoms with van der Waals surface area (Å²) in [7, 11) is 0. The van der Waals surface area contributed by atoms with E-state index in [0.29, 0.717) is 32.8 Å². The third kappa shape index (κ3) is 7.98. The molecule has 9 heteroatoms. The van der Waals surface area contributed by atoms with Gasteiger partial charge in [-0.15, -0.1) is 0 Å². The van der Waals surface area contributed by atoms with Crippen LogP contribution in [0.2, 0.25) is 0 Å². The molecule has 0 radical (unpaired) electrons. The number of rotatable bonds is 4. The molecule has 1 aromatic rings. The third-order valence-electron chi connectivity index (χ3n) is 4.04. The van der Waals surface area contributed by atoms with Gasteiger partial charge in [-0.05, 0) is 31.9 Å². The normalized spacial score (nSPS) is 14.1. The number of benzene rings is 1. The van der Waals surface area contributed by atoms with Gasteiger partial charge in [-0.1, -0.05) is 24.3 Å². The Morgan fingerprint density at radius 1 is 1.10 bits per heavy atom. The van der Waals surface area contributed by atoms with E-state index in [9.17, 15) is 14.4 Å². The van der Waals surface area contributed by atoms with E-state index >= 15 is 0 Å². The third-order valence-corrected chi connectivity index (χ3v) is 4.04. The largest absolute Gasteiger partial charge is 0.443 e. The molecule has 1 saturated heterocycles. The van der Waals surface area contributed by atoms with Crippen LogP contribution in [0.3, 0.4) is 0 Å². The van der Waals surface area contributed by atoms with Crippen molar-refractivity contribution >= 4 is 18.0 Å². The summed E-state index contributed by atoms with van der Waals surface area (Å²) in [6, 6.07) is 7.13. The minimum absolute atomic E-state index is 0.0991. The molecule has 0 unspecified atom stereocenters. The fourth-order valence-electron chi connectivity index (χ4n) is 2.66. The average Bonchev–Trinajstić information content (AvgIpc) is 2.65. The molecule has 1 aromatic carbocycles. The zero-order chi connectivity index (χ0) is 21.4. The van der Waals surface area contributed by atoms with Gasteiger partial charge in [-0.25, -0.2) is 20.0 Å². The number of carbonyl (C=O) groups excluding carboxylic acids is 3. The van der Waals surface area contributed by atoms with Gasteiger partial charge in [0.05, 0.1) is 19.8 Å². The molecule has 2 rings (SSSR count). The van der Waals surface area contributed by atoms with Crippen molar-refractivity contribution in [3.63, 3.8) is 0 Å². The smallest absolute Gasteiger partial charge is 0.426 e. The molecule has 1 aliphatic heterocycles. The van der Waals surface area contributed by atoms with Crippen LogP contribution in [0.1, 0.15) is 38.8 Å². The molecule has 0 bridgehead atoms. The summed E-state index contributed by atoms with van der Waals surface area (Å²) in [4.78, 5) is 37.8. The summed E-state index contributed by atoms with van der Waals surface area (Å²) in [6.45, 7) is 9.19. The minimum Gasteiger partial charge on any atom is -0.443 e. The molecule has 160 valence electrons. The van der Waals surface area contributed by atoms with E-state index in [2.05, 4.69) is 10.7 Å². The second-order valence-electron chi connectivity index (χ2n) is 7.81. The molecule has 0 saturated carbocycles. The minimum atomic E-state index is -0.693.